The van der Waals surface area contributed by atoms with Crippen molar-refractivity contribution in [1.29, 1.82) is 0 Å². The predicted molar refractivity (Wildman–Crippen MR) is 102 cm³/mol. The molecule has 3 nitrogen and oxygen atoms in total. The number of carbonyl (C=O) groups is 1. The lowest BCUT2D eigenvalue weighted by Crippen LogP contribution is -2.61. The zero-order chi connectivity index (χ0) is 18.9. The lowest BCUT2D eigenvalue weighted by Gasteiger charge is -2.61. The maximum absolute atomic E-state index is 12.7. The Bertz CT molecular complexity index is 679. The Labute approximate surface area is 157 Å². The molecule has 4 aliphatic carbocycles. The molecule has 0 aliphatic heterocycles. The molecular formula is C23H34O3. The lowest BCUT2D eigenvalue weighted by atomic mass is 9.45. The Kier molecular flexibility index (Phi) is 4.10. The number of hydrogen-bond acceptors (Lipinski definition) is 3. The molecule has 3 fully saturated rings. The summed E-state index contributed by atoms with van der Waals surface area (Å²) >= 11 is 0. The van der Waals surface area contributed by atoms with Crippen molar-refractivity contribution < 1.29 is 15.0 Å². The number of aliphatic hydroxyl groups is 2. The summed E-state index contributed by atoms with van der Waals surface area (Å²) in [5.74, 6) is 1.33. The summed E-state index contributed by atoms with van der Waals surface area (Å²) in [5, 5.41) is 22.7. The van der Waals surface area contributed by atoms with E-state index in [0.29, 0.717) is 37.0 Å². The number of rotatable bonds is 2. The minimum Gasteiger partial charge on any atom is -0.393 e. The van der Waals surface area contributed by atoms with Gasteiger partial charge in [-0.15, -0.1) is 0 Å². The number of hydrogen-bond donors (Lipinski definition) is 2. The molecule has 0 spiro atoms. The molecular weight excluding hydrogens is 324 g/mol. The van der Waals surface area contributed by atoms with Crippen LogP contribution in [0.15, 0.2) is 23.8 Å². The fraction of sp³-hybridized carbons (Fsp3) is 0.783. The molecule has 0 saturated heterocycles. The second-order valence-electron chi connectivity index (χ2n) is 9.88. The van der Waals surface area contributed by atoms with Crippen LogP contribution < -0.4 is 0 Å². The van der Waals surface area contributed by atoms with Crippen LogP contribution in [0.2, 0.25) is 0 Å². The van der Waals surface area contributed by atoms with Crippen molar-refractivity contribution >= 4 is 5.78 Å². The third-order valence-corrected chi connectivity index (χ3v) is 8.80. The number of ketones is 1. The molecule has 4 aliphatic rings. The van der Waals surface area contributed by atoms with Gasteiger partial charge in [0.2, 0.25) is 0 Å². The van der Waals surface area contributed by atoms with Gasteiger partial charge < -0.3 is 10.2 Å². The minimum absolute atomic E-state index is 0.0404. The predicted octanol–water partition coefficient (Wildman–Crippen LogP) is 4.04. The third kappa shape index (κ3) is 2.10. The molecule has 26 heavy (non-hydrogen) atoms. The van der Waals surface area contributed by atoms with Crippen LogP contribution in [0.3, 0.4) is 0 Å². The van der Waals surface area contributed by atoms with E-state index in [0.717, 1.165) is 19.3 Å². The monoisotopic (exact) mass is 358 g/mol. The number of allylic oxidation sites excluding steroid dienone is 4. The van der Waals surface area contributed by atoms with Crippen LogP contribution in [-0.2, 0) is 4.79 Å². The first-order valence-corrected chi connectivity index (χ1v) is 10.5. The zero-order valence-corrected chi connectivity index (χ0v) is 16.7. The smallest absolute Gasteiger partial charge is 0.164 e. The quantitative estimate of drug-likeness (QED) is 0.733. The average Bonchev–Trinajstić information content (AvgIpc) is 2.86. The van der Waals surface area contributed by atoms with Crippen molar-refractivity contribution in [1.82, 2.24) is 0 Å². The number of carbonyl (C=O) groups excluding carboxylic acids is 1. The van der Waals surface area contributed by atoms with Gasteiger partial charge in [0.25, 0.3) is 0 Å². The first-order chi connectivity index (χ1) is 12.2. The number of fused-ring (bicyclic) bond motifs is 5. The Morgan fingerprint density at radius 1 is 1.35 bits per heavy atom. The van der Waals surface area contributed by atoms with Crippen molar-refractivity contribution in [3.63, 3.8) is 0 Å². The van der Waals surface area contributed by atoms with Gasteiger partial charge in [-0.05, 0) is 49.9 Å². The Morgan fingerprint density at radius 2 is 2.08 bits per heavy atom. The van der Waals surface area contributed by atoms with Gasteiger partial charge in [-0.2, -0.15) is 0 Å². The molecule has 0 amide bonds. The highest BCUT2D eigenvalue weighted by atomic mass is 16.3. The maximum atomic E-state index is 12.7. The summed E-state index contributed by atoms with van der Waals surface area (Å²) in [6.45, 7) is 8.53. The van der Waals surface area contributed by atoms with Crippen LogP contribution in [0.4, 0.5) is 0 Å². The molecule has 8 atom stereocenters. The van der Waals surface area contributed by atoms with E-state index in [4.69, 9.17) is 0 Å². The summed E-state index contributed by atoms with van der Waals surface area (Å²) in [4.78, 5) is 12.7. The SMILES string of the molecule is CCC(=O)[C@@]1(O)CC[C@H]2[C@@H]3C[C@H](C)C4=CCC=C[C@]4(C)[C@H]3[C@@H](O)C[C@@]21C. The molecule has 0 aromatic heterocycles. The summed E-state index contributed by atoms with van der Waals surface area (Å²) in [5.41, 5.74) is -0.365. The van der Waals surface area contributed by atoms with E-state index >= 15 is 0 Å². The van der Waals surface area contributed by atoms with Gasteiger partial charge in [-0.1, -0.05) is 51.5 Å². The van der Waals surface area contributed by atoms with Crippen molar-refractivity contribution in [3.8, 4) is 0 Å². The summed E-state index contributed by atoms with van der Waals surface area (Å²) in [7, 11) is 0. The molecule has 2 N–H and O–H groups in total. The summed E-state index contributed by atoms with van der Waals surface area (Å²) in [6, 6.07) is 0. The molecule has 0 aromatic rings. The molecule has 0 unspecified atom stereocenters. The Balaban J connectivity index is 1.77. The highest BCUT2D eigenvalue weighted by molar-refractivity contribution is 5.88. The first kappa shape index (κ1) is 18.4. The largest absolute Gasteiger partial charge is 0.393 e. The van der Waals surface area contributed by atoms with Gasteiger partial charge in [0.15, 0.2) is 5.78 Å². The van der Waals surface area contributed by atoms with Crippen LogP contribution in [0.5, 0.6) is 0 Å². The summed E-state index contributed by atoms with van der Waals surface area (Å²) in [6.07, 6.45) is 10.9. The van der Waals surface area contributed by atoms with Gasteiger partial charge in [-0.3, -0.25) is 4.79 Å². The molecule has 3 heteroatoms. The average molecular weight is 359 g/mol. The number of Topliss-reactive ketones (excluding diaryl/α,β-unsaturated/α-hetero) is 1. The maximum Gasteiger partial charge on any atom is 0.164 e. The summed E-state index contributed by atoms with van der Waals surface area (Å²) < 4.78 is 0. The highest BCUT2D eigenvalue weighted by Crippen LogP contribution is 2.67. The van der Waals surface area contributed by atoms with E-state index in [9.17, 15) is 15.0 Å². The molecule has 4 rings (SSSR count). The highest BCUT2D eigenvalue weighted by Gasteiger charge is 2.68. The van der Waals surface area contributed by atoms with Crippen molar-refractivity contribution in [2.75, 3.05) is 0 Å². The van der Waals surface area contributed by atoms with Crippen LogP contribution in [-0.4, -0.2) is 27.7 Å². The number of aliphatic hydroxyl groups excluding tert-OH is 1. The third-order valence-electron chi connectivity index (χ3n) is 8.80. The van der Waals surface area contributed by atoms with Crippen molar-refractivity contribution in [2.24, 2.45) is 34.5 Å². The van der Waals surface area contributed by atoms with Gasteiger partial charge >= 0.3 is 0 Å². The van der Waals surface area contributed by atoms with Crippen LogP contribution in [0, 0.1) is 34.5 Å². The van der Waals surface area contributed by atoms with Gasteiger partial charge in [0, 0.05) is 23.2 Å². The van der Waals surface area contributed by atoms with E-state index in [1.807, 2.05) is 6.92 Å². The Hall–Kier alpha value is -0.930. The molecule has 0 heterocycles. The van der Waals surface area contributed by atoms with Gasteiger partial charge in [-0.25, -0.2) is 0 Å². The molecule has 3 saturated carbocycles. The standard InChI is InChI=1S/C23H34O3/c1-5-19(25)23(26)11-9-17-15-12-14(2)16-8-6-7-10-21(16,3)20(15)18(24)13-22(17,23)4/h7-8,10,14-15,17-18,20,24,26H,5-6,9,11-13H2,1-4H3/t14-,15-,17-,18-,20+,21-,22-,23-/m0/s1. The lowest BCUT2D eigenvalue weighted by molar-refractivity contribution is -0.178. The van der Waals surface area contributed by atoms with E-state index in [1.54, 1.807) is 0 Å². The molecule has 0 aromatic carbocycles. The second kappa shape index (κ2) is 5.78. The fourth-order valence-electron chi connectivity index (χ4n) is 7.68. The van der Waals surface area contributed by atoms with Crippen LogP contribution >= 0.6 is 0 Å². The van der Waals surface area contributed by atoms with Crippen LogP contribution in [0.1, 0.15) is 66.2 Å². The second-order valence-corrected chi connectivity index (χ2v) is 9.88. The van der Waals surface area contributed by atoms with Crippen LogP contribution in [0.25, 0.3) is 0 Å². The normalized spacial score (nSPS) is 52.7. The van der Waals surface area contributed by atoms with E-state index in [1.165, 1.54) is 5.57 Å². The Morgan fingerprint density at radius 3 is 2.77 bits per heavy atom. The fourth-order valence-corrected chi connectivity index (χ4v) is 7.68. The topological polar surface area (TPSA) is 57.5 Å². The minimum atomic E-state index is -1.26. The van der Waals surface area contributed by atoms with E-state index in [-0.39, 0.29) is 17.1 Å². The van der Waals surface area contributed by atoms with Gasteiger partial charge in [0.05, 0.1) is 6.10 Å². The van der Waals surface area contributed by atoms with Crippen molar-refractivity contribution in [2.45, 2.75) is 77.9 Å². The zero-order valence-electron chi connectivity index (χ0n) is 16.7. The first-order valence-electron chi connectivity index (χ1n) is 10.5. The molecule has 144 valence electrons. The molecule has 0 radical (unpaired) electrons. The van der Waals surface area contributed by atoms with Crippen molar-refractivity contribution in [3.05, 3.63) is 23.8 Å². The molecule has 0 bridgehead atoms. The van der Waals surface area contributed by atoms with E-state index < -0.39 is 17.1 Å². The van der Waals surface area contributed by atoms with Gasteiger partial charge in [0.1, 0.15) is 5.60 Å². The van der Waals surface area contributed by atoms with E-state index in [2.05, 4.69) is 39.0 Å².